The first-order valence-electron chi connectivity index (χ1n) is 6.58. The zero-order valence-electron chi connectivity index (χ0n) is 12.1. The smallest absolute Gasteiger partial charge is 0.408 e. The van der Waals surface area contributed by atoms with Crippen molar-refractivity contribution in [1.29, 1.82) is 0 Å². The van der Waals surface area contributed by atoms with Gasteiger partial charge in [-0.3, -0.25) is 4.79 Å². The zero-order chi connectivity index (χ0) is 14.9. The van der Waals surface area contributed by atoms with E-state index >= 15 is 0 Å². The lowest BCUT2D eigenvalue weighted by Gasteiger charge is -2.22. The van der Waals surface area contributed by atoms with Gasteiger partial charge < -0.3 is 15.2 Å². The van der Waals surface area contributed by atoms with Crippen molar-refractivity contribution in [2.24, 2.45) is 0 Å². The van der Waals surface area contributed by atoms with Crippen LogP contribution in [-0.2, 0) is 9.53 Å². The van der Waals surface area contributed by atoms with E-state index in [4.69, 9.17) is 9.84 Å². The van der Waals surface area contributed by atoms with Crippen molar-refractivity contribution in [2.75, 3.05) is 0 Å². The normalized spacial score (nSPS) is 12.6. The highest BCUT2D eigenvalue weighted by Crippen LogP contribution is 2.09. The minimum Gasteiger partial charge on any atom is -0.481 e. The molecule has 5 nitrogen and oxygen atoms in total. The predicted octanol–water partition coefficient (Wildman–Crippen LogP) is 3.10. The summed E-state index contributed by atoms with van der Waals surface area (Å²) in [7, 11) is 0. The fourth-order valence-corrected chi connectivity index (χ4v) is 1.53. The monoisotopic (exact) mass is 271 g/mol. The number of unbranched alkanes of at least 4 members (excludes halogenated alkanes) is 2. The van der Waals surface area contributed by atoms with Gasteiger partial charge in [-0.15, -0.1) is 6.58 Å². The van der Waals surface area contributed by atoms with Crippen LogP contribution in [-0.4, -0.2) is 28.8 Å². The molecule has 0 saturated carbocycles. The molecule has 0 aromatic heterocycles. The number of carboxylic acids is 1. The van der Waals surface area contributed by atoms with Gasteiger partial charge in [0.05, 0.1) is 6.04 Å². The molecule has 0 spiro atoms. The van der Waals surface area contributed by atoms with Crippen molar-refractivity contribution in [3.8, 4) is 0 Å². The van der Waals surface area contributed by atoms with E-state index < -0.39 is 17.7 Å². The molecule has 1 amide bonds. The zero-order valence-corrected chi connectivity index (χ0v) is 12.1. The fourth-order valence-electron chi connectivity index (χ4n) is 1.53. The molecule has 19 heavy (non-hydrogen) atoms. The summed E-state index contributed by atoms with van der Waals surface area (Å²) in [5.74, 6) is -0.771. The number of hydrogen-bond donors (Lipinski definition) is 2. The van der Waals surface area contributed by atoms with E-state index in [-0.39, 0.29) is 12.5 Å². The summed E-state index contributed by atoms with van der Waals surface area (Å²) in [6.07, 6.45) is 4.47. The Morgan fingerprint density at radius 3 is 2.42 bits per heavy atom. The summed E-state index contributed by atoms with van der Waals surface area (Å²) < 4.78 is 5.15. The Labute approximate surface area is 115 Å². The van der Waals surface area contributed by atoms with Crippen LogP contribution in [0.5, 0.6) is 0 Å². The summed E-state index contributed by atoms with van der Waals surface area (Å²) in [6, 6.07) is -0.139. The van der Waals surface area contributed by atoms with E-state index in [1.807, 2.05) is 0 Å². The van der Waals surface area contributed by atoms with E-state index in [1.54, 1.807) is 26.8 Å². The van der Waals surface area contributed by atoms with Crippen LogP contribution in [0.15, 0.2) is 12.7 Å². The van der Waals surface area contributed by atoms with Gasteiger partial charge in [0.2, 0.25) is 0 Å². The van der Waals surface area contributed by atoms with Gasteiger partial charge in [-0.2, -0.15) is 0 Å². The first kappa shape index (κ1) is 17.5. The fraction of sp³-hybridized carbons (Fsp3) is 0.714. The Kier molecular flexibility index (Phi) is 7.87. The van der Waals surface area contributed by atoms with E-state index in [0.29, 0.717) is 6.42 Å². The molecule has 0 aliphatic carbocycles. The van der Waals surface area contributed by atoms with Gasteiger partial charge in [0.25, 0.3) is 0 Å². The molecule has 0 bridgehead atoms. The van der Waals surface area contributed by atoms with Crippen LogP contribution in [0.3, 0.4) is 0 Å². The number of aliphatic carboxylic acids is 1. The lowest BCUT2D eigenvalue weighted by molar-refractivity contribution is -0.137. The Balaban J connectivity index is 3.86. The molecule has 5 heteroatoms. The van der Waals surface area contributed by atoms with Gasteiger partial charge in [-0.1, -0.05) is 18.9 Å². The van der Waals surface area contributed by atoms with Gasteiger partial charge in [0.15, 0.2) is 0 Å². The highest BCUT2D eigenvalue weighted by Gasteiger charge is 2.17. The van der Waals surface area contributed by atoms with Crippen LogP contribution in [0.25, 0.3) is 0 Å². The Morgan fingerprint density at radius 1 is 1.32 bits per heavy atom. The molecule has 2 N–H and O–H groups in total. The number of carbonyl (C=O) groups excluding carboxylic acids is 1. The molecule has 0 aromatic carbocycles. The number of hydrogen-bond acceptors (Lipinski definition) is 3. The highest BCUT2D eigenvalue weighted by atomic mass is 16.6. The molecular weight excluding hydrogens is 246 g/mol. The molecule has 0 unspecified atom stereocenters. The lowest BCUT2D eigenvalue weighted by atomic mass is 10.1. The summed E-state index contributed by atoms with van der Waals surface area (Å²) in [5, 5.41) is 11.2. The van der Waals surface area contributed by atoms with E-state index in [9.17, 15) is 9.59 Å². The number of nitrogens with one attached hydrogen (secondary N) is 1. The Hall–Kier alpha value is -1.52. The molecule has 0 fully saturated rings. The topological polar surface area (TPSA) is 75.6 Å². The van der Waals surface area contributed by atoms with E-state index in [2.05, 4.69) is 11.9 Å². The number of rotatable bonds is 8. The van der Waals surface area contributed by atoms with E-state index in [1.165, 1.54) is 0 Å². The van der Waals surface area contributed by atoms with Crippen molar-refractivity contribution in [1.82, 2.24) is 5.32 Å². The second-order valence-corrected chi connectivity index (χ2v) is 5.48. The van der Waals surface area contributed by atoms with Gasteiger partial charge in [0, 0.05) is 6.42 Å². The van der Waals surface area contributed by atoms with Crippen LogP contribution >= 0.6 is 0 Å². The minimum absolute atomic E-state index is 0.139. The maximum absolute atomic E-state index is 11.5. The molecule has 0 saturated heterocycles. The number of carbonyl (C=O) groups is 2. The van der Waals surface area contributed by atoms with Gasteiger partial charge >= 0.3 is 12.1 Å². The average molecular weight is 271 g/mol. The molecular formula is C14H25NO4. The van der Waals surface area contributed by atoms with Crippen molar-refractivity contribution < 1.29 is 19.4 Å². The lowest BCUT2D eigenvalue weighted by Crippen LogP contribution is -2.38. The SMILES string of the molecule is C=C[C@@H](CCCCCC(=O)O)NC(=O)OC(C)(C)C. The van der Waals surface area contributed by atoms with Crippen molar-refractivity contribution in [3.05, 3.63) is 12.7 Å². The largest absolute Gasteiger partial charge is 0.481 e. The number of carboxylic acid groups (broad SMARTS) is 1. The molecule has 0 radical (unpaired) electrons. The second-order valence-electron chi connectivity index (χ2n) is 5.48. The van der Waals surface area contributed by atoms with Crippen LogP contribution in [0.1, 0.15) is 52.9 Å². The molecule has 0 aliphatic rings. The Bertz CT molecular complexity index is 307. The predicted molar refractivity (Wildman–Crippen MR) is 74.1 cm³/mol. The molecule has 110 valence electrons. The third kappa shape index (κ3) is 11.3. The summed E-state index contributed by atoms with van der Waals surface area (Å²) in [6.45, 7) is 9.09. The highest BCUT2D eigenvalue weighted by molar-refractivity contribution is 5.68. The quantitative estimate of drug-likeness (QED) is 0.525. The van der Waals surface area contributed by atoms with E-state index in [0.717, 1.165) is 19.3 Å². The van der Waals surface area contributed by atoms with Gasteiger partial charge in [-0.25, -0.2) is 4.79 Å². The molecule has 0 aliphatic heterocycles. The van der Waals surface area contributed by atoms with Crippen LogP contribution in [0.2, 0.25) is 0 Å². The van der Waals surface area contributed by atoms with Crippen LogP contribution < -0.4 is 5.32 Å². The van der Waals surface area contributed by atoms with Gasteiger partial charge in [0.1, 0.15) is 5.60 Å². The maximum atomic E-state index is 11.5. The number of ether oxygens (including phenoxy) is 1. The molecule has 1 atom stereocenters. The summed E-state index contributed by atoms with van der Waals surface area (Å²) in [4.78, 5) is 21.9. The van der Waals surface area contributed by atoms with Crippen molar-refractivity contribution in [2.45, 2.75) is 64.5 Å². The third-order valence-corrected chi connectivity index (χ3v) is 2.39. The molecule has 0 rings (SSSR count). The first-order chi connectivity index (χ1) is 8.74. The number of amides is 1. The van der Waals surface area contributed by atoms with Gasteiger partial charge in [-0.05, 0) is 33.6 Å². The third-order valence-electron chi connectivity index (χ3n) is 2.39. The molecule has 0 aromatic rings. The van der Waals surface area contributed by atoms with Crippen LogP contribution in [0.4, 0.5) is 4.79 Å². The Morgan fingerprint density at radius 2 is 1.95 bits per heavy atom. The standard InChI is InChI=1S/C14H25NO4/c1-5-11(9-7-6-8-10-12(16)17)15-13(18)19-14(2,3)4/h5,11H,1,6-10H2,2-4H3,(H,15,18)(H,16,17)/t11-/m0/s1. The maximum Gasteiger partial charge on any atom is 0.408 e. The van der Waals surface area contributed by atoms with Crippen molar-refractivity contribution in [3.63, 3.8) is 0 Å². The second kappa shape index (κ2) is 8.56. The summed E-state index contributed by atoms with van der Waals surface area (Å²) >= 11 is 0. The number of alkyl carbamates (subject to hydrolysis) is 1. The average Bonchev–Trinajstić information content (AvgIpc) is 2.24. The van der Waals surface area contributed by atoms with Crippen molar-refractivity contribution >= 4 is 12.1 Å². The summed E-state index contributed by atoms with van der Waals surface area (Å²) in [5.41, 5.74) is -0.517. The minimum atomic E-state index is -0.771. The van der Waals surface area contributed by atoms with Crippen LogP contribution in [0, 0.1) is 0 Å². The molecule has 0 heterocycles. The first-order valence-corrected chi connectivity index (χ1v) is 6.58.